The number of halogens is 4. The fourth-order valence-corrected chi connectivity index (χ4v) is 4.27. The first-order valence-electron chi connectivity index (χ1n) is 9.89. The number of carbonyl (C=O) groups is 1. The first-order chi connectivity index (χ1) is 16.0. The van der Waals surface area contributed by atoms with E-state index in [9.17, 15) is 26.4 Å². The molecule has 0 atom stereocenters. The Labute approximate surface area is 199 Å². The molecule has 11 heteroatoms. The molecule has 0 saturated carbocycles. The zero-order chi connectivity index (χ0) is 24.9. The van der Waals surface area contributed by atoms with Crippen LogP contribution in [0.2, 0.25) is 5.02 Å². The Bertz CT molecular complexity index is 1280. The number of alkyl halides is 3. The Morgan fingerprint density at radius 2 is 1.74 bits per heavy atom. The van der Waals surface area contributed by atoms with Crippen LogP contribution in [-0.4, -0.2) is 20.9 Å². The molecule has 0 fully saturated rings. The summed E-state index contributed by atoms with van der Waals surface area (Å²) in [6.07, 6.45) is -4.71. The van der Waals surface area contributed by atoms with Gasteiger partial charge in [0.15, 0.2) is 6.61 Å². The van der Waals surface area contributed by atoms with Gasteiger partial charge in [-0.2, -0.15) is 13.2 Å². The van der Waals surface area contributed by atoms with E-state index in [1.165, 1.54) is 24.3 Å². The predicted octanol–water partition coefficient (Wildman–Crippen LogP) is 5.16. The number of hydrogen-bond donors (Lipinski definition) is 2. The van der Waals surface area contributed by atoms with Crippen molar-refractivity contribution in [2.45, 2.75) is 24.5 Å². The Kier molecular flexibility index (Phi) is 7.86. The quantitative estimate of drug-likeness (QED) is 0.436. The van der Waals surface area contributed by atoms with Crippen molar-refractivity contribution in [2.75, 3.05) is 11.9 Å². The molecule has 0 heterocycles. The molecule has 0 unspecified atom stereocenters. The van der Waals surface area contributed by atoms with E-state index in [4.69, 9.17) is 16.3 Å². The van der Waals surface area contributed by atoms with Crippen molar-refractivity contribution in [3.8, 4) is 5.75 Å². The summed E-state index contributed by atoms with van der Waals surface area (Å²) in [5, 5.41) is 2.03. The van der Waals surface area contributed by atoms with Crippen LogP contribution in [0.1, 0.15) is 16.7 Å². The number of carbonyl (C=O) groups excluding carboxylic acids is 1. The molecule has 0 saturated heterocycles. The van der Waals surface area contributed by atoms with E-state index in [2.05, 4.69) is 10.0 Å². The van der Waals surface area contributed by atoms with Crippen LogP contribution < -0.4 is 14.8 Å². The highest BCUT2D eigenvalue weighted by atomic mass is 35.5. The van der Waals surface area contributed by atoms with Crippen molar-refractivity contribution in [3.63, 3.8) is 0 Å². The van der Waals surface area contributed by atoms with Gasteiger partial charge in [-0.25, -0.2) is 13.1 Å². The topological polar surface area (TPSA) is 84.5 Å². The molecule has 0 radical (unpaired) electrons. The summed E-state index contributed by atoms with van der Waals surface area (Å²) in [5.41, 5.74) is -0.309. The molecule has 3 aromatic carbocycles. The lowest BCUT2D eigenvalue weighted by atomic mass is 10.1. The number of sulfonamides is 1. The second-order valence-corrected chi connectivity index (χ2v) is 9.47. The lowest BCUT2D eigenvalue weighted by Gasteiger charge is -2.15. The zero-order valence-corrected chi connectivity index (χ0v) is 19.4. The molecule has 0 aliphatic heterocycles. The number of aryl methyl sites for hydroxylation is 1. The maximum atomic E-state index is 13.2. The molecular weight excluding hydrogens is 493 g/mol. The van der Waals surface area contributed by atoms with Crippen LogP contribution in [-0.2, 0) is 27.5 Å². The van der Waals surface area contributed by atoms with Gasteiger partial charge in [-0.15, -0.1) is 0 Å². The zero-order valence-electron chi connectivity index (χ0n) is 17.8. The lowest BCUT2D eigenvalue weighted by molar-refractivity contribution is -0.137. The molecule has 0 spiro atoms. The van der Waals surface area contributed by atoms with Crippen LogP contribution in [0.5, 0.6) is 5.75 Å². The Hall–Kier alpha value is -3.08. The van der Waals surface area contributed by atoms with Crippen LogP contribution in [0, 0.1) is 6.92 Å². The largest absolute Gasteiger partial charge is 0.483 e. The fourth-order valence-electron chi connectivity index (χ4n) is 3.00. The van der Waals surface area contributed by atoms with E-state index in [0.29, 0.717) is 11.6 Å². The van der Waals surface area contributed by atoms with Crippen LogP contribution >= 0.6 is 11.6 Å². The molecule has 34 heavy (non-hydrogen) atoms. The van der Waals surface area contributed by atoms with Gasteiger partial charge in [0.25, 0.3) is 5.91 Å². The number of benzene rings is 3. The van der Waals surface area contributed by atoms with E-state index < -0.39 is 40.0 Å². The molecule has 0 bridgehead atoms. The monoisotopic (exact) mass is 512 g/mol. The normalized spacial score (nSPS) is 11.8. The number of ether oxygens (including phenoxy) is 1. The Balaban J connectivity index is 1.63. The van der Waals surface area contributed by atoms with Crippen molar-refractivity contribution in [1.29, 1.82) is 0 Å². The summed E-state index contributed by atoms with van der Waals surface area (Å²) < 4.78 is 72.5. The van der Waals surface area contributed by atoms with Crippen molar-refractivity contribution in [2.24, 2.45) is 0 Å². The summed E-state index contributed by atoms with van der Waals surface area (Å²) in [6, 6.07) is 16.1. The molecule has 3 aromatic rings. The Morgan fingerprint density at radius 1 is 1.03 bits per heavy atom. The van der Waals surface area contributed by atoms with Crippen LogP contribution in [0.4, 0.5) is 18.9 Å². The van der Waals surface area contributed by atoms with Gasteiger partial charge >= 0.3 is 6.18 Å². The highest BCUT2D eigenvalue weighted by molar-refractivity contribution is 7.89. The molecule has 2 N–H and O–H groups in total. The van der Waals surface area contributed by atoms with Crippen molar-refractivity contribution < 1.29 is 31.1 Å². The highest BCUT2D eigenvalue weighted by Crippen LogP contribution is 2.36. The number of anilines is 1. The predicted molar refractivity (Wildman–Crippen MR) is 122 cm³/mol. The molecule has 6 nitrogen and oxygen atoms in total. The SMILES string of the molecule is Cc1cc(S(=O)(=O)NCc2ccccc2)ccc1OCC(=O)Nc1ccc(Cl)cc1C(F)(F)F. The van der Waals surface area contributed by atoms with Gasteiger partial charge in [-0.1, -0.05) is 41.9 Å². The lowest BCUT2D eigenvalue weighted by Crippen LogP contribution is -2.24. The number of rotatable bonds is 8. The van der Waals surface area contributed by atoms with Gasteiger partial charge in [0.1, 0.15) is 5.75 Å². The fraction of sp³-hybridized carbons (Fsp3) is 0.174. The molecule has 0 aromatic heterocycles. The highest BCUT2D eigenvalue weighted by Gasteiger charge is 2.34. The van der Waals surface area contributed by atoms with E-state index in [1.807, 2.05) is 6.07 Å². The molecule has 0 aliphatic carbocycles. The third-order valence-corrected chi connectivity index (χ3v) is 6.32. The first kappa shape index (κ1) is 25.5. The van der Waals surface area contributed by atoms with Crippen molar-refractivity contribution in [1.82, 2.24) is 4.72 Å². The van der Waals surface area contributed by atoms with E-state index in [1.54, 1.807) is 31.2 Å². The summed E-state index contributed by atoms with van der Waals surface area (Å²) in [4.78, 5) is 12.2. The average molecular weight is 513 g/mol. The third-order valence-electron chi connectivity index (χ3n) is 4.69. The van der Waals surface area contributed by atoms with Gasteiger partial charge in [-0.3, -0.25) is 4.79 Å². The van der Waals surface area contributed by atoms with Crippen molar-refractivity contribution in [3.05, 3.63) is 88.4 Å². The molecular formula is C23H20ClF3N2O4S. The van der Waals surface area contributed by atoms with Crippen LogP contribution in [0.25, 0.3) is 0 Å². The van der Waals surface area contributed by atoms with Crippen LogP contribution in [0.3, 0.4) is 0 Å². The van der Waals surface area contributed by atoms with Gasteiger partial charge in [-0.05, 0) is 54.4 Å². The van der Waals surface area contributed by atoms with E-state index in [-0.39, 0.29) is 22.2 Å². The molecule has 3 rings (SSSR count). The van der Waals surface area contributed by atoms with Crippen molar-refractivity contribution >= 4 is 33.2 Å². The minimum Gasteiger partial charge on any atom is -0.483 e. The summed E-state index contributed by atoms with van der Waals surface area (Å²) in [6.45, 7) is 1.12. The number of nitrogens with one attached hydrogen (secondary N) is 2. The molecule has 0 aliphatic rings. The summed E-state index contributed by atoms with van der Waals surface area (Å²) in [7, 11) is -3.79. The van der Waals surface area contributed by atoms with E-state index >= 15 is 0 Å². The molecule has 1 amide bonds. The first-order valence-corrected chi connectivity index (χ1v) is 11.8. The third kappa shape index (κ3) is 6.72. The van der Waals surface area contributed by atoms with Gasteiger partial charge in [0.05, 0.1) is 16.1 Å². The minimum atomic E-state index is -4.71. The second-order valence-electron chi connectivity index (χ2n) is 7.26. The van der Waals surface area contributed by atoms with Gasteiger partial charge in [0.2, 0.25) is 10.0 Å². The second kappa shape index (κ2) is 10.5. The average Bonchev–Trinajstić information content (AvgIpc) is 2.78. The molecule has 180 valence electrons. The Morgan fingerprint density at radius 3 is 2.38 bits per heavy atom. The van der Waals surface area contributed by atoms with Crippen LogP contribution in [0.15, 0.2) is 71.6 Å². The maximum absolute atomic E-state index is 13.2. The summed E-state index contributed by atoms with van der Waals surface area (Å²) in [5.74, 6) is -0.613. The summed E-state index contributed by atoms with van der Waals surface area (Å²) >= 11 is 5.63. The number of hydrogen-bond acceptors (Lipinski definition) is 4. The smallest absolute Gasteiger partial charge is 0.418 e. The standard InChI is InChI=1S/C23H20ClF3N2O4S/c1-15-11-18(34(31,32)28-13-16-5-3-2-4-6-16)8-10-21(15)33-14-22(30)29-20-9-7-17(24)12-19(20)23(25,26)27/h2-12,28H,13-14H2,1H3,(H,29,30). The maximum Gasteiger partial charge on any atom is 0.418 e. The van der Waals surface area contributed by atoms with Gasteiger partial charge < -0.3 is 10.1 Å². The minimum absolute atomic E-state index is 0.00807. The van der Waals surface area contributed by atoms with Gasteiger partial charge in [0, 0.05) is 11.6 Å². The van der Waals surface area contributed by atoms with E-state index in [0.717, 1.165) is 11.6 Å². The number of amides is 1.